The van der Waals surface area contributed by atoms with Gasteiger partial charge >= 0.3 is 0 Å². The van der Waals surface area contributed by atoms with Gasteiger partial charge in [-0.15, -0.1) is 0 Å². The summed E-state index contributed by atoms with van der Waals surface area (Å²) in [5.41, 5.74) is 2.86. The molecule has 2 aliphatic heterocycles. The molecule has 7 heteroatoms. The van der Waals surface area contributed by atoms with Crippen molar-refractivity contribution in [3.63, 3.8) is 0 Å². The van der Waals surface area contributed by atoms with Crippen LogP contribution in [0, 0.1) is 5.92 Å². The number of hydrogen-bond acceptors (Lipinski definition) is 4. The highest BCUT2D eigenvalue weighted by Crippen LogP contribution is 2.51. The quantitative estimate of drug-likeness (QED) is 0.712. The molecule has 0 amide bonds. The van der Waals surface area contributed by atoms with E-state index in [-0.39, 0.29) is 23.7 Å². The molecule has 5 rings (SSSR count). The third-order valence-corrected chi connectivity index (χ3v) is 8.95. The number of sulfonamides is 1. The fraction of sp³-hybridized carbons (Fsp3) is 0.409. The van der Waals surface area contributed by atoms with Gasteiger partial charge in [0.1, 0.15) is 5.78 Å². The average molecular weight is 475 g/mol. The van der Waals surface area contributed by atoms with Crippen molar-refractivity contribution in [3.05, 3.63) is 58.1 Å². The second-order valence-electron chi connectivity index (χ2n) is 8.18. The maximum atomic E-state index is 13.0. The number of anilines is 1. The normalized spacial score (nSPS) is 26.8. The Balaban J connectivity index is 1.56. The van der Waals surface area contributed by atoms with Gasteiger partial charge in [-0.1, -0.05) is 28.1 Å². The Kier molecular flexibility index (Phi) is 4.80. The molecular weight excluding hydrogens is 452 g/mol. The molecule has 1 aliphatic carbocycles. The van der Waals surface area contributed by atoms with E-state index in [1.54, 1.807) is 16.4 Å². The molecule has 1 N–H and O–H groups in total. The Morgan fingerprint density at radius 3 is 2.48 bits per heavy atom. The lowest BCUT2D eigenvalue weighted by atomic mass is 9.77. The van der Waals surface area contributed by atoms with Gasteiger partial charge in [0.05, 0.1) is 10.9 Å². The number of ketones is 1. The summed E-state index contributed by atoms with van der Waals surface area (Å²) < 4.78 is 28.6. The van der Waals surface area contributed by atoms with Gasteiger partial charge in [-0.2, -0.15) is 4.31 Å². The van der Waals surface area contributed by atoms with Gasteiger partial charge < -0.3 is 5.32 Å². The van der Waals surface area contributed by atoms with Crippen molar-refractivity contribution in [2.24, 2.45) is 5.92 Å². The van der Waals surface area contributed by atoms with Crippen LogP contribution in [0.15, 0.2) is 51.8 Å². The molecule has 5 nitrogen and oxygen atoms in total. The minimum absolute atomic E-state index is 0.0492. The van der Waals surface area contributed by atoms with Crippen molar-refractivity contribution < 1.29 is 13.2 Å². The predicted octanol–water partition coefficient (Wildman–Crippen LogP) is 4.46. The van der Waals surface area contributed by atoms with Crippen LogP contribution in [0.5, 0.6) is 0 Å². The summed E-state index contributed by atoms with van der Waals surface area (Å²) in [6, 6.07) is 13.5. The first-order valence-electron chi connectivity index (χ1n) is 10.1. The van der Waals surface area contributed by atoms with E-state index in [0.29, 0.717) is 24.4 Å². The Hall–Kier alpha value is -1.70. The number of rotatable bonds is 3. The monoisotopic (exact) mass is 474 g/mol. The molecule has 3 unspecified atom stereocenters. The van der Waals surface area contributed by atoms with E-state index in [0.717, 1.165) is 40.5 Å². The molecule has 0 bridgehead atoms. The lowest BCUT2D eigenvalue weighted by Gasteiger charge is -2.37. The van der Waals surface area contributed by atoms with Crippen molar-refractivity contribution in [2.45, 2.75) is 42.5 Å². The van der Waals surface area contributed by atoms with Crippen LogP contribution in [-0.4, -0.2) is 31.6 Å². The minimum atomic E-state index is -3.50. The largest absolute Gasteiger partial charge is 0.378 e. The first kappa shape index (κ1) is 19.3. The van der Waals surface area contributed by atoms with Gasteiger partial charge in [0.15, 0.2) is 0 Å². The van der Waals surface area contributed by atoms with Crippen LogP contribution in [0.1, 0.15) is 48.8 Å². The van der Waals surface area contributed by atoms with Gasteiger partial charge in [0.2, 0.25) is 10.0 Å². The summed E-state index contributed by atoms with van der Waals surface area (Å²) in [7, 11) is -3.50. The average Bonchev–Trinajstić information content (AvgIpc) is 3.39. The van der Waals surface area contributed by atoms with Crippen molar-refractivity contribution in [2.75, 3.05) is 18.4 Å². The van der Waals surface area contributed by atoms with E-state index in [2.05, 4.69) is 33.4 Å². The van der Waals surface area contributed by atoms with E-state index < -0.39 is 10.0 Å². The van der Waals surface area contributed by atoms with Crippen LogP contribution < -0.4 is 5.32 Å². The van der Waals surface area contributed by atoms with Crippen LogP contribution in [0.2, 0.25) is 0 Å². The number of fused-ring (bicyclic) bond motifs is 3. The standard InChI is InChI=1S/C22H23BrN2O3S/c23-15-5-3-14(4-6-15)22-17-8-10-20(26)21(17)18-13-16(7-9-19(18)24-22)29(27,28)25-11-1-2-12-25/h3-7,9,13,17,21-22,24H,1-2,8,10-12H2. The highest BCUT2D eigenvalue weighted by atomic mass is 79.9. The number of Topliss-reactive ketones (excluding diaryl/α,β-unsaturated/α-hetero) is 1. The summed E-state index contributed by atoms with van der Waals surface area (Å²) in [5.74, 6) is 0.116. The van der Waals surface area contributed by atoms with Crippen molar-refractivity contribution in [1.82, 2.24) is 4.31 Å². The third-order valence-electron chi connectivity index (χ3n) is 6.53. The first-order valence-corrected chi connectivity index (χ1v) is 12.4. The van der Waals surface area contributed by atoms with E-state index in [1.807, 2.05) is 18.2 Å². The molecule has 0 spiro atoms. The van der Waals surface area contributed by atoms with Crippen LogP contribution in [-0.2, 0) is 14.8 Å². The van der Waals surface area contributed by atoms with Crippen LogP contribution in [0.25, 0.3) is 0 Å². The van der Waals surface area contributed by atoms with Gasteiger partial charge in [-0.3, -0.25) is 4.79 Å². The zero-order chi connectivity index (χ0) is 20.2. The highest BCUT2D eigenvalue weighted by molar-refractivity contribution is 9.10. The maximum absolute atomic E-state index is 13.0. The number of halogens is 1. The molecule has 3 atom stereocenters. The number of hydrogen-bond donors (Lipinski definition) is 1. The predicted molar refractivity (Wildman–Crippen MR) is 115 cm³/mol. The van der Waals surface area contributed by atoms with Gasteiger partial charge in [0.25, 0.3) is 0 Å². The summed E-state index contributed by atoms with van der Waals surface area (Å²) in [4.78, 5) is 13.1. The number of carbonyl (C=O) groups is 1. The molecule has 3 aliphatic rings. The van der Waals surface area contributed by atoms with E-state index in [9.17, 15) is 13.2 Å². The van der Waals surface area contributed by atoms with Crippen LogP contribution >= 0.6 is 15.9 Å². The van der Waals surface area contributed by atoms with E-state index in [4.69, 9.17) is 0 Å². The number of nitrogens with zero attached hydrogens (tertiary/aromatic N) is 1. The highest BCUT2D eigenvalue weighted by Gasteiger charge is 2.45. The van der Waals surface area contributed by atoms with Gasteiger partial charge in [0, 0.05) is 35.6 Å². The van der Waals surface area contributed by atoms with Crippen LogP contribution in [0.4, 0.5) is 5.69 Å². The van der Waals surface area contributed by atoms with Gasteiger partial charge in [-0.25, -0.2) is 8.42 Å². The fourth-order valence-corrected chi connectivity index (χ4v) is 6.89. The molecule has 1 saturated carbocycles. The molecule has 2 fully saturated rings. The Morgan fingerprint density at radius 1 is 1.03 bits per heavy atom. The number of benzene rings is 2. The number of carbonyl (C=O) groups excluding carboxylic acids is 1. The Labute approximate surface area is 179 Å². The molecule has 0 radical (unpaired) electrons. The second kappa shape index (κ2) is 7.22. The fourth-order valence-electron chi connectivity index (χ4n) is 5.08. The van der Waals surface area contributed by atoms with E-state index >= 15 is 0 Å². The minimum Gasteiger partial charge on any atom is -0.378 e. The zero-order valence-electron chi connectivity index (χ0n) is 16.0. The molecule has 2 aromatic rings. The molecule has 0 aromatic heterocycles. The molecule has 2 heterocycles. The summed E-state index contributed by atoms with van der Waals surface area (Å²) in [5, 5.41) is 3.60. The second-order valence-corrected chi connectivity index (χ2v) is 11.0. The summed E-state index contributed by atoms with van der Waals surface area (Å²) >= 11 is 3.48. The molecule has 29 heavy (non-hydrogen) atoms. The SMILES string of the molecule is O=C1CCC2C(c3ccc(Br)cc3)Nc3ccc(S(=O)(=O)N4CCCC4)cc3C12. The van der Waals surface area contributed by atoms with Crippen molar-refractivity contribution in [1.29, 1.82) is 0 Å². The summed E-state index contributed by atoms with van der Waals surface area (Å²) in [6.45, 7) is 1.16. The Bertz CT molecular complexity index is 1060. The Morgan fingerprint density at radius 2 is 1.76 bits per heavy atom. The van der Waals surface area contributed by atoms with Gasteiger partial charge in [-0.05, 0) is 66.6 Å². The topological polar surface area (TPSA) is 66.5 Å². The molecular formula is C22H23BrN2O3S. The molecule has 152 valence electrons. The van der Waals surface area contributed by atoms with Crippen molar-refractivity contribution >= 4 is 37.4 Å². The maximum Gasteiger partial charge on any atom is 0.243 e. The zero-order valence-corrected chi connectivity index (χ0v) is 18.4. The lowest BCUT2D eigenvalue weighted by Crippen LogP contribution is -2.32. The third kappa shape index (κ3) is 3.23. The van der Waals surface area contributed by atoms with E-state index in [1.165, 1.54) is 0 Å². The van der Waals surface area contributed by atoms with Crippen LogP contribution in [0.3, 0.4) is 0 Å². The summed E-state index contributed by atoms with van der Waals surface area (Å²) in [6.07, 6.45) is 3.18. The smallest absolute Gasteiger partial charge is 0.243 e. The molecule has 2 aromatic carbocycles. The van der Waals surface area contributed by atoms with Crippen molar-refractivity contribution in [3.8, 4) is 0 Å². The molecule has 1 saturated heterocycles. The lowest BCUT2D eigenvalue weighted by molar-refractivity contribution is -0.119. The first-order chi connectivity index (χ1) is 13.9. The number of nitrogens with one attached hydrogen (secondary N) is 1.